The number of aryl methyl sites for hydroxylation is 2. The Balaban J connectivity index is 2.13. The summed E-state index contributed by atoms with van der Waals surface area (Å²) < 4.78 is 0. The summed E-state index contributed by atoms with van der Waals surface area (Å²) in [7, 11) is 0. The van der Waals surface area contributed by atoms with E-state index in [0.29, 0.717) is 0 Å². The molecule has 19 heavy (non-hydrogen) atoms. The molecule has 0 aliphatic carbocycles. The van der Waals surface area contributed by atoms with E-state index in [2.05, 4.69) is 35.2 Å². The summed E-state index contributed by atoms with van der Waals surface area (Å²) in [4.78, 5) is 22.3. The number of amides is 1. The fourth-order valence-electron chi connectivity index (χ4n) is 1.92. The van der Waals surface area contributed by atoms with E-state index in [-0.39, 0.29) is 23.5 Å². The molecule has 0 aliphatic rings. The van der Waals surface area contributed by atoms with Gasteiger partial charge >= 0.3 is 0 Å². The van der Waals surface area contributed by atoms with Crippen LogP contribution in [0.15, 0.2) is 18.5 Å². The van der Waals surface area contributed by atoms with Crippen molar-refractivity contribution in [3.05, 3.63) is 39.5 Å². The topological polar surface area (TPSA) is 80.9 Å². The zero-order chi connectivity index (χ0) is 14.0. The van der Waals surface area contributed by atoms with Gasteiger partial charge in [-0.2, -0.15) is 0 Å². The third kappa shape index (κ3) is 3.08. The molecule has 0 saturated heterocycles. The number of rotatable bonds is 3. The van der Waals surface area contributed by atoms with Gasteiger partial charge in [0.05, 0.1) is 18.4 Å². The van der Waals surface area contributed by atoms with Crippen LogP contribution in [-0.4, -0.2) is 15.9 Å². The van der Waals surface area contributed by atoms with Crippen LogP contribution in [0.1, 0.15) is 38.8 Å². The Hall–Kier alpha value is -1.95. The van der Waals surface area contributed by atoms with Crippen molar-refractivity contribution in [2.24, 2.45) is 0 Å². The van der Waals surface area contributed by atoms with Gasteiger partial charge in [0, 0.05) is 9.75 Å². The van der Waals surface area contributed by atoms with E-state index >= 15 is 0 Å². The number of nitrogens with two attached hydrogens (primary N) is 1. The molecule has 1 amide bonds. The van der Waals surface area contributed by atoms with Crippen LogP contribution in [0, 0.1) is 13.8 Å². The minimum atomic E-state index is -0.268. The molecular formula is C13H16N4OS. The van der Waals surface area contributed by atoms with E-state index in [1.807, 2.05) is 6.92 Å². The lowest BCUT2D eigenvalue weighted by Crippen LogP contribution is -2.27. The van der Waals surface area contributed by atoms with Crippen molar-refractivity contribution in [3.8, 4) is 0 Å². The second kappa shape index (κ2) is 5.36. The van der Waals surface area contributed by atoms with Crippen LogP contribution in [0.2, 0.25) is 0 Å². The van der Waals surface area contributed by atoms with Crippen molar-refractivity contribution in [1.82, 2.24) is 15.3 Å². The van der Waals surface area contributed by atoms with Crippen molar-refractivity contribution in [1.29, 1.82) is 0 Å². The first kappa shape index (κ1) is 13.5. The summed E-state index contributed by atoms with van der Waals surface area (Å²) in [5.41, 5.74) is 6.88. The second-order valence-electron chi connectivity index (χ2n) is 4.39. The molecule has 2 rings (SSSR count). The summed E-state index contributed by atoms with van der Waals surface area (Å²) in [5.74, 6) is -0.0292. The van der Waals surface area contributed by atoms with Gasteiger partial charge in [0.1, 0.15) is 11.5 Å². The SMILES string of the molecule is Cc1cc(C(C)NC(=O)c2cncc(N)n2)c(C)s1. The molecule has 0 aliphatic heterocycles. The highest BCUT2D eigenvalue weighted by atomic mass is 32.1. The molecule has 0 aromatic carbocycles. The Labute approximate surface area is 115 Å². The maximum atomic E-state index is 12.0. The number of anilines is 1. The Morgan fingerprint density at radius 1 is 1.42 bits per heavy atom. The summed E-state index contributed by atoms with van der Waals surface area (Å²) in [5, 5.41) is 2.90. The molecule has 5 nitrogen and oxygen atoms in total. The van der Waals surface area contributed by atoms with Crippen LogP contribution in [-0.2, 0) is 0 Å². The maximum Gasteiger partial charge on any atom is 0.272 e. The lowest BCUT2D eigenvalue weighted by Gasteiger charge is -2.13. The number of nitrogens with zero attached hydrogens (tertiary/aromatic N) is 2. The van der Waals surface area contributed by atoms with E-state index in [1.165, 1.54) is 22.1 Å². The number of aromatic nitrogens is 2. The summed E-state index contributed by atoms with van der Waals surface area (Å²) in [6, 6.07) is 2.02. The van der Waals surface area contributed by atoms with Crippen LogP contribution in [0.25, 0.3) is 0 Å². The van der Waals surface area contributed by atoms with Gasteiger partial charge in [-0.1, -0.05) is 0 Å². The Morgan fingerprint density at radius 2 is 2.16 bits per heavy atom. The number of thiophene rings is 1. The maximum absolute atomic E-state index is 12.0. The minimum Gasteiger partial charge on any atom is -0.382 e. The Bertz CT molecular complexity index is 608. The minimum absolute atomic E-state index is 0.0688. The molecular weight excluding hydrogens is 260 g/mol. The lowest BCUT2D eigenvalue weighted by molar-refractivity contribution is 0.0934. The van der Waals surface area contributed by atoms with Gasteiger partial charge in [0.2, 0.25) is 0 Å². The monoisotopic (exact) mass is 276 g/mol. The third-order valence-corrected chi connectivity index (χ3v) is 3.76. The number of hydrogen-bond donors (Lipinski definition) is 2. The van der Waals surface area contributed by atoms with Crippen LogP contribution >= 0.6 is 11.3 Å². The molecule has 1 atom stereocenters. The van der Waals surface area contributed by atoms with E-state index in [1.54, 1.807) is 11.3 Å². The molecule has 2 aromatic rings. The number of carbonyl (C=O) groups excluding carboxylic acids is 1. The van der Waals surface area contributed by atoms with Crippen LogP contribution in [0.4, 0.5) is 5.82 Å². The molecule has 3 N–H and O–H groups in total. The van der Waals surface area contributed by atoms with Gasteiger partial charge in [-0.15, -0.1) is 11.3 Å². The highest BCUT2D eigenvalue weighted by Crippen LogP contribution is 2.26. The molecule has 6 heteroatoms. The van der Waals surface area contributed by atoms with Crippen molar-refractivity contribution < 1.29 is 4.79 Å². The molecule has 0 radical (unpaired) electrons. The molecule has 100 valence electrons. The van der Waals surface area contributed by atoms with Gasteiger partial charge < -0.3 is 11.1 Å². The third-order valence-electron chi connectivity index (χ3n) is 2.78. The fraction of sp³-hybridized carbons (Fsp3) is 0.308. The van der Waals surface area contributed by atoms with Gasteiger partial charge in [-0.05, 0) is 32.4 Å². The number of carbonyl (C=O) groups is 1. The first-order valence-corrected chi connectivity index (χ1v) is 6.74. The highest BCUT2D eigenvalue weighted by molar-refractivity contribution is 7.12. The summed E-state index contributed by atoms with van der Waals surface area (Å²) >= 11 is 1.72. The van der Waals surface area contributed by atoms with E-state index in [4.69, 9.17) is 5.73 Å². The molecule has 2 heterocycles. The average molecular weight is 276 g/mol. The first-order chi connectivity index (χ1) is 8.97. The number of hydrogen-bond acceptors (Lipinski definition) is 5. The van der Waals surface area contributed by atoms with Gasteiger partial charge in [0.15, 0.2) is 0 Å². The predicted molar refractivity (Wildman–Crippen MR) is 76.1 cm³/mol. The highest BCUT2D eigenvalue weighted by Gasteiger charge is 2.16. The average Bonchev–Trinajstić information content (AvgIpc) is 2.68. The quantitative estimate of drug-likeness (QED) is 0.900. The van der Waals surface area contributed by atoms with E-state index in [9.17, 15) is 4.79 Å². The van der Waals surface area contributed by atoms with Crippen LogP contribution in [0.5, 0.6) is 0 Å². The van der Waals surface area contributed by atoms with Gasteiger partial charge in [-0.3, -0.25) is 9.78 Å². The first-order valence-electron chi connectivity index (χ1n) is 5.92. The largest absolute Gasteiger partial charge is 0.382 e. The predicted octanol–water partition coefficient (Wildman–Crippen LogP) is 2.23. The standard InChI is InChI=1S/C13H16N4OS/c1-7-4-10(9(3)19-7)8(2)16-13(18)11-5-15-6-12(14)17-11/h4-6,8H,1-3H3,(H2,14,17)(H,16,18). The summed E-state index contributed by atoms with van der Waals surface area (Å²) in [6.07, 6.45) is 2.82. The number of nitrogen functional groups attached to an aromatic ring is 1. The van der Waals surface area contributed by atoms with Crippen molar-refractivity contribution in [2.75, 3.05) is 5.73 Å². The fourth-order valence-corrected chi connectivity index (χ4v) is 2.94. The zero-order valence-corrected chi connectivity index (χ0v) is 11.9. The Morgan fingerprint density at radius 3 is 2.74 bits per heavy atom. The second-order valence-corrected chi connectivity index (χ2v) is 5.85. The normalized spacial score (nSPS) is 12.2. The molecule has 0 saturated carbocycles. The molecule has 0 bridgehead atoms. The summed E-state index contributed by atoms with van der Waals surface area (Å²) in [6.45, 7) is 6.06. The lowest BCUT2D eigenvalue weighted by atomic mass is 10.1. The zero-order valence-electron chi connectivity index (χ0n) is 11.1. The van der Waals surface area contributed by atoms with E-state index in [0.717, 1.165) is 5.56 Å². The molecule has 0 fully saturated rings. The smallest absolute Gasteiger partial charge is 0.272 e. The van der Waals surface area contributed by atoms with Crippen molar-refractivity contribution in [2.45, 2.75) is 26.8 Å². The Kier molecular flexibility index (Phi) is 3.80. The van der Waals surface area contributed by atoms with Crippen LogP contribution in [0.3, 0.4) is 0 Å². The molecule has 1 unspecified atom stereocenters. The molecule has 0 spiro atoms. The van der Waals surface area contributed by atoms with Crippen LogP contribution < -0.4 is 11.1 Å². The molecule has 2 aromatic heterocycles. The number of nitrogens with one attached hydrogen (secondary N) is 1. The van der Waals surface area contributed by atoms with Gasteiger partial charge in [-0.25, -0.2) is 4.98 Å². The van der Waals surface area contributed by atoms with Crippen molar-refractivity contribution in [3.63, 3.8) is 0 Å². The van der Waals surface area contributed by atoms with Gasteiger partial charge in [0.25, 0.3) is 5.91 Å². The van der Waals surface area contributed by atoms with Crippen molar-refractivity contribution >= 4 is 23.1 Å². The van der Waals surface area contributed by atoms with E-state index < -0.39 is 0 Å².